The highest BCUT2D eigenvalue weighted by Gasteiger charge is 2.44. The average Bonchev–Trinajstić information content (AvgIpc) is 3.45. The lowest BCUT2D eigenvalue weighted by atomic mass is 10.1. The number of pyridine rings is 2. The number of hydrogen-bond donors (Lipinski definition) is 0. The van der Waals surface area contributed by atoms with Crippen LogP contribution in [0.1, 0.15) is 30.5 Å². The van der Waals surface area contributed by atoms with Crippen molar-refractivity contribution in [2.75, 3.05) is 18.0 Å². The standard InChI is InChI=1S/C28H24F6N5O5/c1-17-5-10-21(24-35-23(36-43-24)19-6-8-20(9-7-19)42-28(32,33)34)25(40)38(17)16-18-11-14-39(44-26(41)27(29,30)31)22(15-18)37-12-3-2-4-13-37/h5-11,14-15H,2-4,12-13,16H2,1H3/q+1. The van der Waals surface area contributed by atoms with Crippen molar-refractivity contribution in [3.63, 3.8) is 0 Å². The summed E-state index contributed by atoms with van der Waals surface area (Å²) in [5.41, 5.74) is 0.954. The molecule has 4 aromatic rings. The number of halogens is 6. The van der Waals surface area contributed by atoms with Crippen LogP contribution in [0.5, 0.6) is 5.75 Å². The van der Waals surface area contributed by atoms with Crippen LogP contribution in [0.15, 0.2) is 64.0 Å². The maximum absolute atomic E-state index is 13.5. The van der Waals surface area contributed by atoms with E-state index in [0.29, 0.717) is 29.9 Å². The van der Waals surface area contributed by atoms with Crippen LogP contribution >= 0.6 is 0 Å². The first-order valence-corrected chi connectivity index (χ1v) is 13.3. The maximum atomic E-state index is 13.5. The van der Waals surface area contributed by atoms with E-state index in [4.69, 9.17) is 4.52 Å². The second-order valence-electron chi connectivity index (χ2n) is 9.92. The molecule has 0 saturated carbocycles. The highest BCUT2D eigenvalue weighted by molar-refractivity contribution is 5.75. The summed E-state index contributed by atoms with van der Waals surface area (Å²) in [6.45, 7) is 2.78. The molecule has 1 saturated heterocycles. The molecule has 0 spiro atoms. The van der Waals surface area contributed by atoms with Crippen LogP contribution in [0, 0.1) is 6.92 Å². The fraction of sp³-hybridized carbons (Fsp3) is 0.321. The molecule has 4 heterocycles. The van der Waals surface area contributed by atoms with Gasteiger partial charge < -0.3 is 13.8 Å². The summed E-state index contributed by atoms with van der Waals surface area (Å²) >= 11 is 0. The van der Waals surface area contributed by atoms with Crippen molar-refractivity contribution in [2.24, 2.45) is 0 Å². The number of rotatable bonds is 7. The Kier molecular flexibility index (Phi) is 8.34. The van der Waals surface area contributed by atoms with Crippen LogP contribution in [0.3, 0.4) is 0 Å². The van der Waals surface area contributed by atoms with E-state index in [-0.39, 0.29) is 29.6 Å². The number of alkyl halides is 6. The first-order chi connectivity index (χ1) is 20.8. The molecule has 0 aliphatic carbocycles. The summed E-state index contributed by atoms with van der Waals surface area (Å²) in [5, 5.41) is 3.83. The van der Waals surface area contributed by atoms with Crippen molar-refractivity contribution in [3.05, 3.63) is 76.3 Å². The smallest absolute Gasteiger partial charge is 0.406 e. The van der Waals surface area contributed by atoms with Crippen LogP contribution in [-0.2, 0) is 11.3 Å². The van der Waals surface area contributed by atoms with E-state index in [9.17, 15) is 35.9 Å². The molecule has 0 radical (unpaired) electrons. The molecule has 44 heavy (non-hydrogen) atoms. The zero-order valence-corrected chi connectivity index (χ0v) is 23.0. The van der Waals surface area contributed by atoms with Crippen LogP contribution in [0.25, 0.3) is 22.8 Å². The highest BCUT2D eigenvalue weighted by Crippen LogP contribution is 2.27. The number of ether oxygens (including phenoxy) is 1. The Hall–Kier alpha value is -4.89. The van der Waals surface area contributed by atoms with Gasteiger partial charge in [-0.2, -0.15) is 18.2 Å². The molecular formula is C28H24F6N5O5+. The van der Waals surface area contributed by atoms with Crippen molar-refractivity contribution in [1.82, 2.24) is 14.7 Å². The van der Waals surface area contributed by atoms with Crippen LogP contribution in [-0.4, -0.2) is 46.3 Å². The quantitative estimate of drug-likeness (QED) is 0.217. The third-order valence-corrected chi connectivity index (χ3v) is 6.79. The normalized spacial score (nSPS) is 14.0. The number of carbonyl (C=O) groups is 1. The molecule has 0 amide bonds. The summed E-state index contributed by atoms with van der Waals surface area (Å²) in [4.78, 5) is 35.7. The van der Waals surface area contributed by atoms with E-state index in [1.807, 2.05) is 4.90 Å². The van der Waals surface area contributed by atoms with Gasteiger partial charge in [-0.05, 0) is 78.9 Å². The van der Waals surface area contributed by atoms with Crippen LogP contribution in [0.4, 0.5) is 32.2 Å². The third kappa shape index (κ3) is 7.01. The minimum absolute atomic E-state index is 0.00899. The van der Waals surface area contributed by atoms with Gasteiger partial charge >= 0.3 is 24.3 Å². The van der Waals surface area contributed by atoms with Crippen LogP contribution < -0.4 is 24.8 Å². The third-order valence-electron chi connectivity index (χ3n) is 6.79. The molecule has 1 aliphatic heterocycles. The SMILES string of the molecule is Cc1ccc(-c2nc(-c3ccc(OC(F)(F)F)cc3)no2)c(=O)n1Cc1cc[n+](OC(=O)C(F)(F)F)c(N2CCCCC2)c1. The van der Waals surface area contributed by atoms with Crippen molar-refractivity contribution >= 4 is 11.8 Å². The number of anilines is 1. The summed E-state index contributed by atoms with van der Waals surface area (Å²) in [6.07, 6.45) is -6.28. The van der Waals surface area contributed by atoms with Gasteiger partial charge in [0.25, 0.3) is 11.4 Å². The lowest BCUT2D eigenvalue weighted by molar-refractivity contribution is -0.860. The Morgan fingerprint density at radius 2 is 1.70 bits per heavy atom. The highest BCUT2D eigenvalue weighted by atomic mass is 19.4. The number of piperidine rings is 1. The monoisotopic (exact) mass is 624 g/mol. The Labute approximate surface area is 245 Å². The van der Waals surface area contributed by atoms with E-state index in [1.165, 1.54) is 35.0 Å². The van der Waals surface area contributed by atoms with Gasteiger partial charge in [0.15, 0.2) is 0 Å². The average molecular weight is 625 g/mol. The summed E-state index contributed by atoms with van der Waals surface area (Å²) in [5.74, 6) is -2.67. The molecule has 232 valence electrons. The van der Waals surface area contributed by atoms with Crippen LogP contribution in [0.2, 0.25) is 0 Å². The Morgan fingerprint density at radius 1 is 1.00 bits per heavy atom. The van der Waals surface area contributed by atoms with Gasteiger partial charge in [-0.15, -0.1) is 13.2 Å². The molecule has 3 aromatic heterocycles. The minimum atomic E-state index is -5.19. The number of carbonyl (C=O) groups excluding carboxylic acids is 1. The van der Waals surface area contributed by atoms with Gasteiger partial charge in [-0.3, -0.25) is 9.69 Å². The molecule has 1 fully saturated rings. The molecule has 5 rings (SSSR count). The molecular weight excluding hydrogens is 600 g/mol. The predicted molar refractivity (Wildman–Crippen MR) is 140 cm³/mol. The van der Waals surface area contributed by atoms with Gasteiger partial charge in [0.1, 0.15) is 17.5 Å². The van der Waals surface area contributed by atoms with Gasteiger partial charge in [0, 0.05) is 17.3 Å². The zero-order chi connectivity index (χ0) is 31.6. The first kappa shape index (κ1) is 30.6. The molecule has 10 nitrogen and oxygen atoms in total. The van der Waals surface area contributed by atoms with Crippen molar-refractivity contribution < 1.29 is 50.0 Å². The fourth-order valence-corrected chi connectivity index (χ4v) is 4.66. The van der Waals surface area contributed by atoms with Gasteiger partial charge in [0.2, 0.25) is 5.82 Å². The summed E-state index contributed by atoms with van der Waals surface area (Å²) < 4.78 is 87.4. The Morgan fingerprint density at radius 3 is 2.36 bits per heavy atom. The van der Waals surface area contributed by atoms with Crippen molar-refractivity contribution in [3.8, 4) is 28.6 Å². The molecule has 0 N–H and O–H groups in total. The predicted octanol–water partition coefficient (Wildman–Crippen LogP) is 4.62. The summed E-state index contributed by atoms with van der Waals surface area (Å²) in [6, 6.07) is 10.9. The zero-order valence-electron chi connectivity index (χ0n) is 23.0. The molecule has 0 bridgehead atoms. The molecule has 0 atom stereocenters. The largest absolute Gasteiger partial charge is 0.573 e. The second-order valence-corrected chi connectivity index (χ2v) is 9.92. The van der Waals surface area contributed by atoms with Gasteiger partial charge in [-0.1, -0.05) is 5.16 Å². The number of nitrogens with zero attached hydrogens (tertiary/aromatic N) is 5. The number of aryl methyl sites for hydroxylation is 1. The van der Waals surface area contributed by atoms with Gasteiger partial charge in [0.05, 0.1) is 19.6 Å². The molecule has 1 aliphatic rings. The summed E-state index contributed by atoms with van der Waals surface area (Å²) in [7, 11) is 0. The lowest BCUT2D eigenvalue weighted by Gasteiger charge is -2.23. The molecule has 0 unspecified atom stereocenters. The topological polar surface area (TPSA) is 104 Å². The number of aromatic nitrogens is 4. The van der Waals surface area contributed by atoms with Crippen molar-refractivity contribution in [2.45, 2.75) is 45.3 Å². The van der Waals surface area contributed by atoms with E-state index in [2.05, 4.69) is 19.7 Å². The molecule has 16 heteroatoms. The van der Waals surface area contributed by atoms with E-state index in [1.54, 1.807) is 19.1 Å². The maximum Gasteiger partial charge on any atom is 0.573 e. The number of benzene rings is 1. The lowest BCUT2D eigenvalue weighted by Crippen LogP contribution is -2.54. The minimum Gasteiger partial charge on any atom is -0.406 e. The Bertz CT molecular complexity index is 1710. The number of hydrogen-bond acceptors (Lipinski definition) is 8. The second kappa shape index (κ2) is 12.0. The Balaban J connectivity index is 1.42. The van der Waals surface area contributed by atoms with E-state index >= 15 is 0 Å². The first-order valence-electron chi connectivity index (χ1n) is 13.3. The van der Waals surface area contributed by atoms with Gasteiger partial charge in [-0.25, -0.2) is 9.63 Å². The van der Waals surface area contributed by atoms with E-state index in [0.717, 1.165) is 36.1 Å². The van der Waals surface area contributed by atoms with E-state index < -0.39 is 29.8 Å². The molecule has 1 aromatic carbocycles. The fourth-order valence-electron chi connectivity index (χ4n) is 4.66. The van der Waals surface area contributed by atoms with Crippen molar-refractivity contribution in [1.29, 1.82) is 0 Å².